The maximum absolute atomic E-state index is 13.9. The highest BCUT2D eigenvalue weighted by Gasteiger charge is 2.25. The Morgan fingerprint density at radius 2 is 1.86 bits per heavy atom. The Morgan fingerprint density at radius 3 is 2.67 bits per heavy atom. The van der Waals surface area contributed by atoms with E-state index in [0.29, 0.717) is 23.9 Å². The van der Waals surface area contributed by atoms with Crippen molar-refractivity contribution in [1.82, 2.24) is 9.88 Å². The number of benzene rings is 3. The molecule has 0 aliphatic heterocycles. The zero-order valence-electron chi connectivity index (χ0n) is 20.5. The van der Waals surface area contributed by atoms with E-state index in [-0.39, 0.29) is 5.56 Å². The Labute approximate surface area is 212 Å². The molecule has 184 valence electrons. The van der Waals surface area contributed by atoms with Gasteiger partial charge in [-0.2, -0.15) is 0 Å². The standard InChI is InChI=1S/C28H27N3O4S/c1-4-34-19-11-12-23-25(16-19)36-28(29-23)31(15-7-14-30(2)3)26(32)22-17-21-20-9-6-5-8-18(20)10-13-24(21)35-27(22)33/h5-6,8-13,16-17H,4,7,14-15H2,1-3H3. The van der Waals surface area contributed by atoms with Crippen LogP contribution in [-0.2, 0) is 0 Å². The normalized spacial score (nSPS) is 11.6. The van der Waals surface area contributed by atoms with E-state index in [4.69, 9.17) is 14.1 Å². The third-order valence-corrected chi connectivity index (χ3v) is 7.04. The summed E-state index contributed by atoms with van der Waals surface area (Å²) in [6, 6.07) is 18.9. The molecule has 0 saturated heterocycles. The Balaban J connectivity index is 1.59. The van der Waals surface area contributed by atoms with Gasteiger partial charge in [0, 0.05) is 11.9 Å². The number of fused-ring (bicyclic) bond motifs is 4. The molecule has 5 rings (SSSR count). The number of rotatable bonds is 8. The number of carbonyl (C=O) groups is 1. The second-order valence-corrected chi connectivity index (χ2v) is 9.83. The lowest BCUT2D eigenvalue weighted by molar-refractivity contribution is 0.0982. The average Bonchev–Trinajstić information content (AvgIpc) is 3.29. The largest absolute Gasteiger partial charge is 0.494 e. The van der Waals surface area contributed by atoms with E-state index in [1.54, 1.807) is 17.0 Å². The van der Waals surface area contributed by atoms with Crippen molar-refractivity contribution in [1.29, 1.82) is 0 Å². The summed E-state index contributed by atoms with van der Waals surface area (Å²) in [5.41, 5.74) is 0.580. The Kier molecular flexibility index (Phi) is 6.71. The Hall–Kier alpha value is -3.75. The molecule has 0 spiro atoms. The number of aromatic nitrogens is 1. The van der Waals surface area contributed by atoms with Gasteiger partial charge in [-0.05, 0) is 75.1 Å². The Bertz CT molecular complexity index is 1620. The molecule has 0 fully saturated rings. The van der Waals surface area contributed by atoms with Gasteiger partial charge in [0.05, 0.1) is 16.8 Å². The van der Waals surface area contributed by atoms with Crippen molar-refractivity contribution in [3.8, 4) is 5.75 Å². The van der Waals surface area contributed by atoms with Crippen LogP contribution in [0.3, 0.4) is 0 Å². The van der Waals surface area contributed by atoms with E-state index in [0.717, 1.165) is 45.1 Å². The highest BCUT2D eigenvalue weighted by molar-refractivity contribution is 7.22. The van der Waals surface area contributed by atoms with Gasteiger partial charge in [0.1, 0.15) is 16.9 Å². The molecule has 0 N–H and O–H groups in total. The first kappa shape index (κ1) is 24.0. The minimum absolute atomic E-state index is 0.00188. The number of thiazole rings is 1. The van der Waals surface area contributed by atoms with Crippen LogP contribution < -0.4 is 15.3 Å². The lowest BCUT2D eigenvalue weighted by Gasteiger charge is -2.20. The lowest BCUT2D eigenvalue weighted by atomic mass is 10.0. The maximum Gasteiger partial charge on any atom is 0.349 e. The van der Waals surface area contributed by atoms with Gasteiger partial charge in [0.25, 0.3) is 5.91 Å². The van der Waals surface area contributed by atoms with E-state index in [2.05, 4.69) is 4.90 Å². The molecule has 1 amide bonds. The Morgan fingerprint density at radius 1 is 1.03 bits per heavy atom. The lowest BCUT2D eigenvalue weighted by Crippen LogP contribution is -2.36. The van der Waals surface area contributed by atoms with Crippen LogP contribution in [0.5, 0.6) is 5.75 Å². The fraction of sp³-hybridized carbons (Fsp3) is 0.250. The fourth-order valence-electron chi connectivity index (χ4n) is 4.26. The van der Waals surface area contributed by atoms with Crippen LogP contribution in [0.15, 0.2) is 69.9 Å². The van der Waals surface area contributed by atoms with Gasteiger partial charge in [-0.1, -0.05) is 41.7 Å². The number of nitrogens with zero attached hydrogens (tertiary/aromatic N) is 3. The predicted octanol–water partition coefficient (Wildman–Crippen LogP) is 5.55. The van der Waals surface area contributed by atoms with Crippen molar-refractivity contribution in [2.75, 3.05) is 38.7 Å². The summed E-state index contributed by atoms with van der Waals surface area (Å²) >= 11 is 1.41. The van der Waals surface area contributed by atoms with Crippen LogP contribution in [0.2, 0.25) is 0 Å². The average molecular weight is 502 g/mol. The van der Waals surface area contributed by atoms with Gasteiger partial charge in [-0.25, -0.2) is 9.78 Å². The molecule has 0 radical (unpaired) electrons. The van der Waals surface area contributed by atoms with Crippen LogP contribution >= 0.6 is 11.3 Å². The van der Waals surface area contributed by atoms with Crippen molar-refractivity contribution in [2.45, 2.75) is 13.3 Å². The number of carbonyl (C=O) groups excluding carboxylic acids is 1. The molecule has 2 aromatic heterocycles. The first-order valence-corrected chi connectivity index (χ1v) is 12.7. The number of hydrogen-bond acceptors (Lipinski definition) is 7. The number of amides is 1. The van der Waals surface area contributed by atoms with Crippen molar-refractivity contribution in [3.05, 3.63) is 76.6 Å². The van der Waals surface area contributed by atoms with Crippen molar-refractivity contribution >= 4 is 54.3 Å². The number of hydrogen-bond donors (Lipinski definition) is 0. The van der Waals surface area contributed by atoms with Gasteiger partial charge in [-0.3, -0.25) is 9.69 Å². The number of anilines is 1. The first-order valence-electron chi connectivity index (χ1n) is 11.9. The van der Waals surface area contributed by atoms with Gasteiger partial charge < -0.3 is 14.1 Å². The minimum Gasteiger partial charge on any atom is -0.494 e. The van der Waals surface area contributed by atoms with Crippen LogP contribution in [0.25, 0.3) is 32.0 Å². The third-order valence-electron chi connectivity index (χ3n) is 6.00. The first-order chi connectivity index (χ1) is 17.4. The van der Waals surface area contributed by atoms with Crippen molar-refractivity contribution in [3.63, 3.8) is 0 Å². The zero-order valence-corrected chi connectivity index (χ0v) is 21.3. The molecule has 0 aliphatic carbocycles. The van der Waals surface area contributed by atoms with Gasteiger partial charge in [-0.15, -0.1) is 0 Å². The molecule has 0 aliphatic rings. The molecule has 36 heavy (non-hydrogen) atoms. The molecule has 2 heterocycles. The molecule has 5 aromatic rings. The molecule has 0 bridgehead atoms. The van der Waals surface area contributed by atoms with Crippen molar-refractivity contribution in [2.24, 2.45) is 0 Å². The van der Waals surface area contributed by atoms with E-state index in [1.807, 2.05) is 69.6 Å². The molecule has 7 nitrogen and oxygen atoms in total. The maximum atomic E-state index is 13.9. The quantitative estimate of drug-likeness (QED) is 0.205. The summed E-state index contributed by atoms with van der Waals surface area (Å²) in [6.45, 7) is 3.72. The SMILES string of the molecule is CCOc1ccc2nc(N(CCCN(C)C)C(=O)c3cc4c(ccc5ccccc54)oc3=O)sc2c1. The van der Waals surface area contributed by atoms with E-state index in [1.165, 1.54) is 11.3 Å². The third kappa shape index (κ3) is 4.69. The minimum atomic E-state index is -0.653. The summed E-state index contributed by atoms with van der Waals surface area (Å²) < 4.78 is 12.1. The molecule has 0 atom stereocenters. The van der Waals surface area contributed by atoms with E-state index in [9.17, 15) is 9.59 Å². The van der Waals surface area contributed by atoms with E-state index < -0.39 is 11.5 Å². The monoisotopic (exact) mass is 501 g/mol. The van der Waals surface area contributed by atoms with Gasteiger partial charge in [0.15, 0.2) is 5.13 Å². The van der Waals surface area contributed by atoms with Crippen LogP contribution in [-0.4, -0.2) is 49.6 Å². The molecule has 8 heteroatoms. The molecule has 3 aromatic carbocycles. The molecular weight excluding hydrogens is 474 g/mol. The van der Waals surface area contributed by atoms with Gasteiger partial charge in [0.2, 0.25) is 0 Å². The van der Waals surface area contributed by atoms with E-state index >= 15 is 0 Å². The van der Waals surface area contributed by atoms with Crippen LogP contribution in [0, 0.1) is 0 Å². The van der Waals surface area contributed by atoms with Crippen LogP contribution in [0.4, 0.5) is 5.13 Å². The fourth-order valence-corrected chi connectivity index (χ4v) is 5.28. The molecular formula is C28H27N3O4S. The van der Waals surface area contributed by atoms with Gasteiger partial charge >= 0.3 is 5.63 Å². The highest BCUT2D eigenvalue weighted by Crippen LogP contribution is 2.33. The summed E-state index contributed by atoms with van der Waals surface area (Å²) in [5.74, 6) is 0.342. The van der Waals surface area contributed by atoms with Crippen molar-refractivity contribution < 1.29 is 13.9 Å². The molecule has 0 unspecified atom stereocenters. The second kappa shape index (κ2) is 10.1. The predicted molar refractivity (Wildman–Crippen MR) is 146 cm³/mol. The summed E-state index contributed by atoms with van der Waals surface area (Å²) in [5, 5.41) is 3.21. The summed E-state index contributed by atoms with van der Waals surface area (Å²) in [6.07, 6.45) is 0.723. The second-order valence-electron chi connectivity index (χ2n) is 8.82. The smallest absolute Gasteiger partial charge is 0.349 e. The summed E-state index contributed by atoms with van der Waals surface area (Å²) in [4.78, 5) is 35.2. The topological polar surface area (TPSA) is 75.9 Å². The number of ether oxygens (including phenoxy) is 1. The van der Waals surface area contributed by atoms with Crippen LogP contribution in [0.1, 0.15) is 23.7 Å². The highest BCUT2D eigenvalue weighted by atomic mass is 32.1. The summed E-state index contributed by atoms with van der Waals surface area (Å²) in [7, 11) is 3.98. The molecule has 0 saturated carbocycles. The zero-order chi connectivity index (χ0) is 25.2.